The summed E-state index contributed by atoms with van der Waals surface area (Å²) >= 11 is 12.6. The van der Waals surface area contributed by atoms with Crippen molar-refractivity contribution >= 4 is 57.2 Å². The number of fused-ring (bicyclic) bond motifs is 1. The van der Waals surface area contributed by atoms with Gasteiger partial charge in [-0.3, -0.25) is 14.5 Å². The summed E-state index contributed by atoms with van der Waals surface area (Å²) in [5.74, 6) is -1.45. The summed E-state index contributed by atoms with van der Waals surface area (Å²) in [6.07, 6.45) is 0. The zero-order chi connectivity index (χ0) is 26.4. The van der Waals surface area contributed by atoms with Gasteiger partial charge < -0.3 is 19.6 Å². The predicted molar refractivity (Wildman–Crippen MR) is 144 cm³/mol. The van der Waals surface area contributed by atoms with Crippen LogP contribution in [-0.2, 0) is 9.59 Å². The number of ketones is 1. The fourth-order valence-corrected chi connectivity index (χ4v) is 5.44. The van der Waals surface area contributed by atoms with Crippen LogP contribution in [0.4, 0.5) is 5.69 Å². The molecule has 5 rings (SSSR count). The van der Waals surface area contributed by atoms with Crippen molar-refractivity contribution in [3.05, 3.63) is 93.1 Å². The maximum absolute atomic E-state index is 13.6. The largest absolute Gasteiger partial charge is 0.507 e. The van der Waals surface area contributed by atoms with Crippen molar-refractivity contribution in [1.29, 1.82) is 0 Å². The molecule has 1 atom stereocenters. The first-order valence-corrected chi connectivity index (χ1v) is 12.1. The molecule has 0 bridgehead atoms. The van der Waals surface area contributed by atoms with E-state index in [2.05, 4.69) is 4.98 Å². The average Bonchev–Trinajstić information content (AvgIpc) is 3.35. The summed E-state index contributed by atoms with van der Waals surface area (Å²) in [6.45, 7) is 1.86. The highest BCUT2D eigenvalue weighted by Crippen LogP contribution is 2.47. The van der Waals surface area contributed by atoms with Gasteiger partial charge in [-0.15, -0.1) is 0 Å². The Labute approximate surface area is 222 Å². The summed E-state index contributed by atoms with van der Waals surface area (Å²) in [7, 11) is 2.91. The summed E-state index contributed by atoms with van der Waals surface area (Å²) in [6, 6.07) is 16.4. The first kappa shape index (κ1) is 24.7. The molecule has 0 spiro atoms. The van der Waals surface area contributed by atoms with Crippen LogP contribution < -0.4 is 14.4 Å². The minimum atomic E-state index is -0.967. The highest BCUT2D eigenvalue weighted by Gasteiger charge is 2.48. The van der Waals surface area contributed by atoms with E-state index in [1.807, 2.05) is 31.2 Å². The quantitative estimate of drug-likeness (QED) is 0.174. The van der Waals surface area contributed by atoms with Gasteiger partial charge in [0.15, 0.2) is 0 Å². The molecule has 3 aromatic carbocycles. The fraction of sp³-hybridized carbons (Fsp3) is 0.143. The molecular formula is C28H22Cl2N2O5. The molecule has 0 saturated carbocycles. The van der Waals surface area contributed by atoms with Gasteiger partial charge in [0.2, 0.25) is 0 Å². The molecular weight excluding hydrogens is 515 g/mol. The highest BCUT2D eigenvalue weighted by molar-refractivity contribution is 6.52. The van der Waals surface area contributed by atoms with Crippen LogP contribution in [0.15, 0.2) is 66.2 Å². The second-order valence-corrected chi connectivity index (χ2v) is 9.39. The fourth-order valence-electron chi connectivity index (χ4n) is 4.87. The molecule has 2 heterocycles. The second kappa shape index (κ2) is 9.50. The maximum Gasteiger partial charge on any atom is 0.300 e. The molecule has 37 heavy (non-hydrogen) atoms. The minimum Gasteiger partial charge on any atom is -0.507 e. The first-order chi connectivity index (χ1) is 17.8. The molecule has 4 aromatic rings. The molecule has 1 fully saturated rings. The molecule has 0 aliphatic carbocycles. The standard InChI is InChI=1S/C28H22Cl2N2O5/c1-14-22(18-9-4-5-10-21(18)31-14)24-23(25(33)19-11-15(29)12-20(30)27(19)37-3)26(34)28(35)32(24)16-7-6-8-17(13-16)36-2/h4-13,24,31,33H,1-3H3/b25-23+. The number of amides is 1. The van der Waals surface area contributed by atoms with E-state index in [0.29, 0.717) is 17.0 Å². The number of rotatable bonds is 5. The zero-order valence-corrected chi connectivity index (χ0v) is 21.6. The van der Waals surface area contributed by atoms with Crippen LogP contribution in [0.2, 0.25) is 10.0 Å². The van der Waals surface area contributed by atoms with Crippen molar-refractivity contribution in [1.82, 2.24) is 4.98 Å². The number of halogens is 2. The van der Waals surface area contributed by atoms with Gasteiger partial charge in [0.05, 0.1) is 36.4 Å². The molecule has 1 amide bonds. The monoisotopic (exact) mass is 536 g/mol. The van der Waals surface area contributed by atoms with E-state index in [9.17, 15) is 14.7 Å². The van der Waals surface area contributed by atoms with Gasteiger partial charge in [-0.25, -0.2) is 0 Å². The van der Waals surface area contributed by atoms with E-state index in [1.165, 1.54) is 31.3 Å². The van der Waals surface area contributed by atoms with E-state index < -0.39 is 23.5 Å². The summed E-state index contributed by atoms with van der Waals surface area (Å²) in [4.78, 5) is 31.9. The number of aliphatic hydroxyl groups excluding tert-OH is 1. The van der Waals surface area contributed by atoms with Gasteiger partial charge in [-0.2, -0.15) is 0 Å². The number of hydrogen-bond acceptors (Lipinski definition) is 5. The lowest BCUT2D eigenvalue weighted by molar-refractivity contribution is -0.132. The third-order valence-corrected chi connectivity index (χ3v) is 6.96. The number of methoxy groups -OCH3 is 2. The smallest absolute Gasteiger partial charge is 0.300 e. The van der Waals surface area contributed by atoms with Crippen molar-refractivity contribution < 1.29 is 24.2 Å². The molecule has 1 aliphatic rings. The van der Waals surface area contributed by atoms with E-state index in [1.54, 1.807) is 24.3 Å². The Bertz CT molecular complexity index is 1610. The molecule has 2 N–H and O–H groups in total. The lowest BCUT2D eigenvalue weighted by atomic mass is 9.93. The molecule has 1 unspecified atom stereocenters. The van der Waals surface area contributed by atoms with Crippen molar-refractivity contribution in [3.63, 3.8) is 0 Å². The minimum absolute atomic E-state index is 0.103. The van der Waals surface area contributed by atoms with Gasteiger partial charge in [-0.1, -0.05) is 47.5 Å². The van der Waals surface area contributed by atoms with E-state index in [0.717, 1.165) is 16.6 Å². The van der Waals surface area contributed by atoms with Crippen molar-refractivity contribution in [2.75, 3.05) is 19.1 Å². The van der Waals surface area contributed by atoms with Crippen molar-refractivity contribution in [2.45, 2.75) is 13.0 Å². The summed E-state index contributed by atoms with van der Waals surface area (Å²) in [5.41, 5.74) is 2.67. The number of hydrogen-bond donors (Lipinski definition) is 2. The molecule has 7 nitrogen and oxygen atoms in total. The third kappa shape index (κ3) is 4.00. The Kier molecular flexibility index (Phi) is 6.35. The number of nitrogens with one attached hydrogen (secondary N) is 1. The molecule has 1 saturated heterocycles. The van der Waals surface area contributed by atoms with E-state index in [4.69, 9.17) is 32.7 Å². The van der Waals surface area contributed by atoms with Gasteiger partial charge in [0.1, 0.15) is 17.3 Å². The SMILES string of the molecule is COc1cccc(N2C(=O)C(=O)/C(=C(/O)c3cc(Cl)cc(Cl)c3OC)C2c2c(C)[nH]c3ccccc23)c1. The number of aromatic nitrogens is 1. The van der Waals surface area contributed by atoms with E-state index >= 15 is 0 Å². The number of carbonyl (C=O) groups is 2. The van der Waals surface area contributed by atoms with Gasteiger partial charge in [-0.05, 0) is 37.3 Å². The summed E-state index contributed by atoms with van der Waals surface area (Å²) < 4.78 is 10.8. The molecule has 1 aromatic heterocycles. The summed E-state index contributed by atoms with van der Waals surface area (Å²) in [5, 5.41) is 12.8. The lowest BCUT2D eigenvalue weighted by Crippen LogP contribution is -2.29. The van der Waals surface area contributed by atoms with Gasteiger partial charge in [0, 0.05) is 38.9 Å². The molecule has 0 radical (unpaired) electrons. The molecule has 9 heteroatoms. The van der Waals surface area contributed by atoms with Crippen LogP contribution in [-0.4, -0.2) is 36.0 Å². The number of benzene rings is 3. The number of H-pyrrole nitrogens is 1. The van der Waals surface area contributed by atoms with Crippen LogP contribution in [0.25, 0.3) is 16.7 Å². The number of Topliss-reactive ketones (excluding diaryl/α,β-unsaturated/α-hetero) is 1. The Morgan fingerprint density at radius 2 is 1.76 bits per heavy atom. The van der Waals surface area contributed by atoms with Gasteiger partial charge >= 0.3 is 0 Å². The third-order valence-electron chi connectivity index (χ3n) is 6.46. The van der Waals surface area contributed by atoms with Crippen molar-refractivity contribution in [2.24, 2.45) is 0 Å². The van der Waals surface area contributed by atoms with Crippen LogP contribution in [0, 0.1) is 6.92 Å². The molecule has 188 valence electrons. The Morgan fingerprint density at radius 1 is 1.00 bits per heavy atom. The normalized spacial score (nSPS) is 17.0. The Balaban J connectivity index is 1.85. The number of nitrogens with zero attached hydrogens (tertiary/aromatic N) is 1. The topological polar surface area (TPSA) is 91.9 Å². The number of carbonyl (C=O) groups excluding carboxylic acids is 2. The van der Waals surface area contributed by atoms with Gasteiger partial charge in [0.25, 0.3) is 11.7 Å². The number of aromatic amines is 1. The number of anilines is 1. The molecule has 1 aliphatic heterocycles. The number of aliphatic hydroxyl groups is 1. The second-order valence-electron chi connectivity index (χ2n) is 8.55. The van der Waals surface area contributed by atoms with Crippen LogP contribution in [0.3, 0.4) is 0 Å². The number of aryl methyl sites for hydroxylation is 1. The average molecular weight is 537 g/mol. The number of para-hydroxylation sites is 1. The van der Waals surface area contributed by atoms with E-state index in [-0.39, 0.29) is 26.9 Å². The predicted octanol–water partition coefficient (Wildman–Crippen LogP) is 6.43. The van der Waals surface area contributed by atoms with Crippen LogP contribution >= 0.6 is 23.2 Å². The lowest BCUT2D eigenvalue weighted by Gasteiger charge is -2.26. The maximum atomic E-state index is 13.6. The Hall–Kier alpha value is -3.94. The van der Waals surface area contributed by atoms with Crippen LogP contribution in [0.5, 0.6) is 11.5 Å². The first-order valence-electron chi connectivity index (χ1n) is 11.3. The van der Waals surface area contributed by atoms with Crippen molar-refractivity contribution in [3.8, 4) is 11.5 Å². The highest BCUT2D eigenvalue weighted by atomic mass is 35.5. The van der Waals surface area contributed by atoms with Crippen LogP contribution in [0.1, 0.15) is 22.9 Å². The zero-order valence-electron chi connectivity index (χ0n) is 20.1. The Morgan fingerprint density at radius 3 is 2.49 bits per heavy atom. The number of ether oxygens (including phenoxy) is 2.